The Morgan fingerprint density at radius 3 is 3.23 bits per heavy atom. The molecular formula is C6H10N6O. The molecule has 0 radical (unpaired) electrons. The van der Waals surface area contributed by atoms with Crippen LogP contribution in [0.25, 0.3) is 0 Å². The minimum absolute atomic E-state index is 0.101. The van der Waals surface area contributed by atoms with Crippen molar-refractivity contribution in [2.24, 2.45) is 0 Å². The van der Waals surface area contributed by atoms with Crippen molar-refractivity contribution < 1.29 is 4.79 Å². The fourth-order valence-electron chi connectivity index (χ4n) is 1.05. The molecule has 0 spiro atoms. The third-order valence-electron chi connectivity index (χ3n) is 1.69. The highest BCUT2D eigenvalue weighted by Crippen LogP contribution is 1.91. The smallest absolute Gasteiger partial charge is 0.270 e. The first-order chi connectivity index (χ1) is 6.36. The van der Waals surface area contributed by atoms with Gasteiger partial charge < -0.3 is 10.3 Å². The highest BCUT2D eigenvalue weighted by atomic mass is 16.2. The first-order valence-electron chi connectivity index (χ1n) is 3.89. The number of carbonyl (C=O) groups excluding carboxylic acids is 1. The van der Waals surface area contributed by atoms with Gasteiger partial charge in [0.25, 0.3) is 5.91 Å². The Morgan fingerprint density at radius 2 is 2.62 bits per heavy atom. The Bertz CT molecular complexity index is 277. The SMILES string of the molecule is O=C(NC1CNNN1)c1cnc[nH]1. The second-order valence-electron chi connectivity index (χ2n) is 2.64. The maximum Gasteiger partial charge on any atom is 0.270 e. The van der Waals surface area contributed by atoms with Crippen LogP contribution in [0.2, 0.25) is 0 Å². The van der Waals surface area contributed by atoms with Gasteiger partial charge in [-0.15, -0.1) is 0 Å². The van der Waals surface area contributed by atoms with E-state index < -0.39 is 0 Å². The monoisotopic (exact) mass is 182 g/mol. The van der Waals surface area contributed by atoms with Crippen LogP contribution in [0.4, 0.5) is 0 Å². The number of hydrogen-bond acceptors (Lipinski definition) is 5. The number of H-pyrrole nitrogens is 1. The molecule has 0 aliphatic carbocycles. The van der Waals surface area contributed by atoms with Crippen molar-refractivity contribution in [1.82, 2.24) is 31.7 Å². The molecule has 1 atom stereocenters. The topological polar surface area (TPSA) is 93.9 Å². The Balaban J connectivity index is 1.91. The Morgan fingerprint density at radius 1 is 1.69 bits per heavy atom. The van der Waals surface area contributed by atoms with Gasteiger partial charge in [0.1, 0.15) is 11.9 Å². The van der Waals surface area contributed by atoms with Crippen molar-refractivity contribution in [3.63, 3.8) is 0 Å². The number of hydrogen-bond donors (Lipinski definition) is 5. The van der Waals surface area contributed by atoms with Crippen LogP contribution in [0.5, 0.6) is 0 Å². The Hall–Kier alpha value is -1.44. The number of aromatic amines is 1. The molecule has 13 heavy (non-hydrogen) atoms. The van der Waals surface area contributed by atoms with Crippen LogP contribution < -0.4 is 21.7 Å². The van der Waals surface area contributed by atoms with E-state index >= 15 is 0 Å². The van der Waals surface area contributed by atoms with Crippen LogP contribution in [0.3, 0.4) is 0 Å². The number of nitrogens with zero attached hydrogens (tertiary/aromatic N) is 1. The molecule has 2 rings (SSSR count). The largest absolute Gasteiger partial charge is 0.341 e. The van der Waals surface area contributed by atoms with E-state index in [2.05, 4.69) is 31.7 Å². The van der Waals surface area contributed by atoms with Gasteiger partial charge in [0.15, 0.2) is 0 Å². The molecule has 5 N–H and O–H groups in total. The lowest BCUT2D eigenvalue weighted by Gasteiger charge is -2.09. The summed E-state index contributed by atoms with van der Waals surface area (Å²) < 4.78 is 0. The molecule has 1 fully saturated rings. The predicted octanol–water partition coefficient (Wildman–Crippen LogP) is -1.92. The maximum atomic E-state index is 11.4. The molecule has 0 aromatic carbocycles. The van der Waals surface area contributed by atoms with E-state index in [1.54, 1.807) is 0 Å². The normalized spacial score (nSPS) is 21.7. The zero-order valence-electron chi connectivity index (χ0n) is 6.79. The van der Waals surface area contributed by atoms with Crippen molar-refractivity contribution in [2.45, 2.75) is 6.17 Å². The predicted molar refractivity (Wildman–Crippen MR) is 44.1 cm³/mol. The van der Waals surface area contributed by atoms with Crippen molar-refractivity contribution >= 4 is 5.91 Å². The highest BCUT2D eigenvalue weighted by molar-refractivity contribution is 5.92. The van der Waals surface area contributed by atoms with Crippen LogP contribution >= 0.6 is 0 Å². The second-order valence-corrected chi connectivity index (χ2v) is 2.64. The molecule has 0 saturated carbocycles. The molecule has 7 nitrogen and oxygen atoms in total. The van der Waals surface area contributed by atoms with Gasteiger partial charge in [-0.25, -0.2) is 15.8 Å². The van der Waals surface area contributed by atoms with Crippen LogP contribution in [-0.4, -0.2) is 28.6 Å². The van der Waals surface area contributed by atoms with Gasteiger partial charge in [-0.05, 0) is 0 Å². The number of hydrazine groups is 2. The van der Waals surface area contributed by atoms with Crippen molar-refractivity contribution in [2.75, 3.05) is 6.54 Å². The minimum atomic E-state index is -0.180. The molecule has 1 aliphatic rings. The second kappa shape index (κ2) is 3.52. The summed E-state index contributed by atoms with van der Waals surface area (Å²) in [7, 11) is 0. The summed E-state index contributed by atoms with van der Waals surface area (Å²) in [5.41, 5.74) is 8.78. The van der Waals surface area contributed by atoms with E-state index in [9.17, 15) is 4.79 Å². The van der Waals surface area contributed by atoms with E-state index in [4.69, 9.17) is 0 Å². The van der Waals surface area contributed by atoms with E-state index in [1.165, 1.54) is 12.5 Å². The minimum Gasteiger partial charge on any atom is -0.341 e. The molecule has 1 saturated heterocycles. The third-order valence-corrected chi connectivity index (χ3v) is 1.69. The first kappa shape index (κ1) is 8.17. The van der Waals surface area contributed by atoms with E-state index in [1.807, 2.05) is 0 Å². The number of nitrogens with one attached hydrogen (secondary N) is 5. The van der Waals surface area contributed by atoms with Crippen LogP contribution in [0.1, 0.15) is 10.5 Å². The fraction of sp³-hybridized carbons (Fsp3) is 0.333. The summed E-state index contributed by atoms with van der Waals surface area (Å²) in [4.78, 5) is 17.9. The molecule has 7 heteroatoms. The zero-order chi connectivity index (χ0) is 9.10. The molecule has 0 bridgehead atoms. The van der Waals surface area contributed by atoms with Gasteiger partial charge in [0.2, 0.25) is 0 Å². The molecule has 1 aliphatic heterocycles. The summed E-state index contributed by atoms with van der Waals surface area (Å²) in [5, 5.41) is 2.73. The average Bonchev–Trinajstić information content (AvgIpc) is 2.74. The van der Waals surface area contributed by atoms with Gasteiger partial charge in [-0.3, -0.25) is 4.79 Å². The lowest BCUT2D eigenvalue weighted by Crippen LogP contribution is -2.45. The number of rotatable bonds is 2. The van der Waals surface area contributed by atoms with Crippen molar-refractivity contribution in [3.05, 3.63) is 18.2 Å². The highest BCUT2D eigenvalue weighted by Gasteiger charge is 2.16. The molecular weight excluding hydrogens is 172 g/mol. The summed E-state index contributed by atoms with van der Waals surface area (Å²) in [6.45, 7) is 0.639. The quantitative estimate of drug-likeness (QED) is 0.367. The molecule has 2 heterocycles. The summed E-state index contributed by atoms with van der Waals surface area (Å²) >= 11 is 0. The van der Waals surface area contributed by atoms with Crippen molar-refractivity contribution in [3.8, 4) is 0 Å². The number of aromatic nitrogens is 2. The molecule has 1 amide bonds. The van der Waals surface area contributed by atoms with Gasteiger partial charge >= 0.3 is 0 Å². The lowest BCUT2D eigenvalue weighted by molar-refractivity contribution is 0.0930. The first-order valence-corrected chi connectivity index (χ1v) is 3.89. The van der Waals surface area contributed by atoms with E-state index in [0.29, 0.717) is 12.2 Å². The van der Waals surface area contributed by atoms with Gasteiger partial charge in [-0.1, -0.05) is 0 Å². The van der Waals surface area contributed by atoms with E-state index in [-0.39, 0.29) is 12.1 Å². The van der Waals surface area contributed by atoms with Gasteiger partial charge in [0, 0.05) is 6.54 Å². The summed E-state index contributed by atoms with van der Waals surface area (Å²) in [6, 6.07) is 0. The standard InChI is InChI=1S/C6H10N6O/c13-6(4-1-7-3-8-4)10-5-2-9-12-11-5/h1,3,5,9,11-12H,2H2,(H,7,8)(H,10,13). The maximum absolute atomic E-state index is 11.4. The number of amides is 1. The van der Waals surface area contributed by atoms with Gasteiger partial charge in [0.05, 0.1) is 12.5 Å². The number of carbonyl (C=O) groups is 1. The lowest BCUT2D eigenvalue weighted by atomic mass is 10.4. The van der Waals surface area contributed by atoms with E-state index in [0.717, 1.165) is 0 Å². The molecule has 1 aromatic rings. The molecule has 1 unspecified atom stereocenters. The fourth-order valence-corrected chi connectivity index (χ4v) is 1.05. The number of imidazole rings is 1. The average molecular weight is 182 g/mol. The molecule has 70 valence electrons. The Kier molecular flexibility index (Phi) is 2.21. The third kappa shape index (κ3) is 1.83. The van der Waals surface area contributed by atoms with Crippen LogP contribution in [-0.2, 0) is 0 Å². The summed E-state index contributed by atoms with van der Waals surface area (Å²) in [6.07, 6.45) is 2.84. The van der Waals surface area contributed by atoms with Gasteiger partial charge in [-0.2, -0.15) is 5.53 Å². The van der Waals surface area contributed by atoms with Crippen molar-refractivity contribution in [1.29, 1.82) is 0 Å². The summed E-state index contributed by atoms with van der Waals surface area (Å²) in [5.74, 6) is -0.180. The van der Waals surface area contributed by atoms with Crippen LogP contribution in [0, 0.1) is 0 Å². The zero-order valence-corrected chi connectivity index (χ0v) is 6.79. The van der Waals surface area contributed by atoms with Crippen LogP contribution in [0.15, 0.2) is 12.5 Å². The molecule has 1 aromatic heterocycles. The Labute approximate surface area is 74.3 Å².